The molecule has 108 valence electrons. The third-order valence-corrected chi connectivity index (χ3v) is 5.40. The van der Waals surface area contributed by atoms with E-state index in [0.29, 0.717) is 6.54 Å². The van der Waals surface area contributed by atoms with E-state index in [1.54, 1.807) is 11.8 Å². The topological polar surface area (TPSA) is 72.2 Å². The maximum absolute atomic E-state index is 13.2. The predicted molar refractivity (Wildman–Crippen MR) is 81.2 cm³/mol. The van der Waals surface area contributed by atoms with Gasteiger partial charge in [-0.2, -0.15) is 11.8 Å². The first kappa shape index (κ1) is 16.7. The lowest BCUT2D eigenvalue weighted by atomic mass is 10.2. The Hall–Kier alpha value is -0.310. The van der Waals surface area contributed by atoms with Crippen LogP contribution in [-0.2, 0) is 10.0 Å². The molecule has 1 rings (SSSR count). The van der Waals surface area contributed by atoms with Crippen molar-refractivity contribution in [1.29, 1.82) is 0 Å². The largest absolute Gasteiger partial charge is 0.398 e. The number of thioether (sulfide) groups is 1. The normalized spacial score (nSPS) is 13.5. The van der Waals surface area contributed by atoms with Crippen LogP contribution in [0.25, 0.3) is 0 Å². The second kappa shape index (κ2) is 6.92. The van der Waals surface area contributed by atoms with E-state index in [2.05, 4.69) is 20.7 Å². The zero-order valence-corrected chi connectivity index (χ0v) is 13.8. The fourth-order valence-corrected chi connectivity index (χ4v) is 3.93. The molecule has 4 nitrogen and oxygen atoms in total. The third kappa shape index (κ3) is 4.62. The van der Waals surface area contributed by atoms with Crippen molar-refractivity contribution in [2.75, 3.05) is 24.3 Å². The van der Waals surface area contributed by atoms with Crippen LogP contribution in [0.2, 0.25) is 0 Å². The summed E-state index contributed by atoms with van der Waals surface area (Å²) in [6.45, 7) is 2.26. The van der Waals surface area contributed by atoms with Crippen LogP contribution in [0.1, 0.15) is 6.92 Å². The van der Waals surface area contributed by atoms with E-state index in [-0.39, 0.29) is 21.0 Å². The van der Waals surface area contributed by atoms with Crippen molar-refractivity contribution in [2.24, 2.45) is 5.92 Å². The molecule has 1 atom stereocenters. The van der Waals surface area contributed by atoms with E-state index in [1.165, 1.54) is 6.07 Å². The first-order valence-corrected chi connectivity index (χ1v) is 9.18. The maximum Gasteiger partial charge on any atom is 0.242 e. The van der Waals surface area contributed by atoms with Crippen molar-refractivity contribution in [3.63, 3.8) is 0 Å². The highest BCUT2D eigenvalue weighted by Gasteiger charge is 2.20. The van der Waals surface area contributed by atoms with E-state index in [4.69, 9.17) is 5.73 Å². The Labute approximate surface area is 125 Å². The average molecular weight is 371 g/mol. The van der Waals surface area contributed by atoms with E-state index in [0.717, 1.165) is 11.8 Å². The summed E-state index contributed by atoms with van der Waals surface area (Å²) >= 11 is 4.60. The predicted octanol–water partition coefficient (Wildman–Crippen LogP) is 2.45. The fourth-order valence-electron chi connectivity index (χ4n) is 1.45. The summed E-state index contributed by atoms with van der Waals surface area (Å²) < 4.78 is 39.9. The van der Waals surface area contributed by atoms with Crippen molar-refractivity contribution >= 4 is 43.4 Å². The minimum absolute atomic E-state index is 0.0687. The second-order valence-electron chi connectivity index (χ2n) is 4.22. The van der Waals surface area contributed by atoms with Gasteiger partial charge in [0, 0.05) is 6.54 Å². The van der Waals surface area contributed by atoms with Crippen LogP contribution in [0.15, 0.2) is 21.5 Å². The molecular formula is C11H16BrFN2O2S2. The van der Waals surface area contributed by atoms with Crippen LogP contribution >= 0.6 is 27.7 Å². The second-order valence-corrected chi connectivity index (χ2v) is 7.72. The fraction of sp³-hybridized carbons (Fsp3) is 0.455. The molecule has 0 saturated heterocycles. The summed E-state index contributed by atoms with van der Waals surface area (Å²) in [5.74, 6) is 0.465. The Kier molecular flexibility index (Phi) is 6.10. The lowest BCUT2D eigenvalue weighted by Gasteiger charge is -2.13. The molecule has 0 spiro atoms. The molecule has 1 unspecified atom stereocenters. The van der Waals surface area contributed by atoms with Crippen molar-refractivity contribution in [3.05, 3.63) is 22.4 Å². The van der Waals surface area contributed by atoms with Gasteiger partial charge >= 0.3 is 0 Å². The van der Waals surface area contributed by atoms with E-state index in [9.17, 15) is 12.8 Å². The summed E-state index contributed by atoms with van der Waals surface area (Å²) in [5, 5.41) is 0. The molecule has 0 aromatic heterocycles. The van der Waals surface area contributed by atoms with Gasteiger partial charge < -0.3 is 5.73 Å². The van der Waals surface area contributed by atoms with Crippen LogP contribution in [-0.4, -0.2) is 27.0 Å². The Morgan fingerprint density at radius 3 is 2.74 bits per heavy atom. The molecule has 0 aliphatic carbocycles. The SMILES string of the molecule is CSCC(C)CNS(=O)(=O)c1cc(Br)c(F)cc1N. The smallest absolute Gasteiger partial charge is 0.242 e. The number of hydrogen-bond donors (Lipinski definition) is 2. The van der Waals surface area contributed by atoms with Crippen LogP contribution < -0.4 is 10.5 Å². The number of halogens is 2. The Balaban J connectivity index is 2.92. The van der Waals surface area contributed by atoms with Crippen LogP contribution in [0.3, 0.4) is 0 Å². The number of benzene rings is 1. The molecule has 0 heterocycles. The van der Waals surface area contributed by atoms with Crippen molar-refractivity contribution < 1.29 is 12.8 Å². The highest BCUT2D eigenvalue weighted by molar-refractivity contribution is 9.10. The van der Waals surface area contributed by atoms with Gasteiger partial charge in [0.05, 0.1) is 10.2 Å². The lowest BCUT2D eigenvalue weighted by Crippen LogP contribution is -2.29. The number of anilines is 1. The molecule has 8 heteroatoms. The molecule has 0 amide bonds. The van der Waals surface area contributed by atoms with Gasteiger partial charge in [-0.15, -0.1) is 0 Å². The lowest BCUT2D eigenvalue weighted by molar-refractivity contribution is 0.562. The zero-order valence-electron chi connectivity index (χ0n) is 10.6. The number of hydrogen-bond acceptors (Lipinski definition) is 4. The van der Waals surface area contributed by atoms with Crippen molar-refractivity contribution in [2.45, 2.75) is 11.8 Å². The van der Waals surface area contributed by atoms with Gasteiger partial charge in [-0.1, -0.05) is 6.92 Å². The Morgan fingerprint density at radius 1 is 1.53 bits per heavy atom. The highest BCUT2D eigenvalue weighted by Crippen LogP contribution is 2.26. The van der Waals surface area contributed by atoms with Gasteiger partial charge in [0.15, 0.2) is 0 Å². The number of nitrogens with one attached hydrogen (secondary N) is 1. The number of nitrogens with two attached hydrogens (primary N) is 1. The van der Waals surface area contributed by atoms with Gasteiger partial charge in [0.2, 0.25) is 10.0 Å². The van der Waals surface area contributed by atoms with Crippen LogP contribution in [0.4, 0.5) is 10.1 Å². The van der Waals surface area contributed by atoms with Gasteiger partial charge in [-0.05, 0) is 46.0 Å². The summed E-state index contributed by atoms with van der Waals surface area (Å²) in [5.41, 5.74) is 5.45. The Morgan fingerprint density at radius 2 is 2.16 bits per heavy atom. The van der Waals surface area contributed by atoms with E-state index < -0.39 is 15.8 Å². The average Bonchev–Trinajstić information content (AvgIpc) is 2.31. The molecule has 0 saturated carbocycles. The highest BCUT2D eigenvalue weighted by atomic mass is 79.9. The zero-order chi connectivity index (χ0) is 14.6. The molecular weight excluding hydrogens is 355 g/mol. The van der Waals surface area contributed by atoms with Gasteiger partial charge in [0.25, 0.3) is 0 Å². The standard InChI is InChI=1S/C11H16BrFN2O2S2/c1-7(6-18-2)5-15-19(16,17)11-3-8(12)9(13)4-10(11)14/h3-4,7,15H,5-6,14H2,1-2H3. The minimum Gasteiger partial charge on any atom is -0.398 e. The van der Waals surface area contributed by atoms with Crippen LogP contribution in [0, 0.1) is 11.7 Å². The molecule has 1 aromatic rings. The summed E-state index contributed by atoms with van der Waals surface area (Å²) in [7, 11) is -3.72. The summed E-state index contributed by atoms with van der Waals surface area (Å²) in [6.07, 6.45) is 1.96. The van der Waals surface area contributed by atoms with E-state index >= 15 is 0 Å². The molecule has 1 aromatic carbocycles. The van der Waals surface area contributed by atoms with E-state index in [1.807, 2.05) is 13.2 Å². The van der Waals surface area contributed by atoms with Gasteiger partial charge in [-0.3, -0.25) is 0 Å². The molecule has 0 fully saturated rings. The summed E-state index contributed by atoms with van der Waals surface area (Å²) in [4.78, 5) is -0.114. The molecule has 0 bridgehead atoms. The first-order chi connectivity index (χ1) is 8.77. The number of nitrogen functional groups attached to an aromatic ring is 1. The summed E-state index contributed by atoms with van der Waals surface area (Å²) in [6, 6.07) is 2.16. The maximum atomic E-state index is 13.2. The van der Waals surface area contributed by atoms with Gasteiger partial charge in [0.1, 0.15) is 10.7 Å². The molecule has 3 N–H and O–H groups in total. The quantitative estimate of drug-likeness (QED) is 0.754. The Bertz CT molecular complexity index is 552. The monoisotopic (exact) mass is 370 g/mol. The number of rotatable bonds is 6. The van der Waals surface area contributed by atoms with Crippen molar-refractivity contribution in [1.82, 2.24) is 4.72 Å². The number of sulfonamides is 1. The molecule has 0 aliphatic heterocycles. The first-order valence-electron chi connectivity index (χ1n) is 5.51. The molecule has 19 heavy (non-hydrogen) atoms. The van der Waals surface area contributed by atoms with Crippen molar-refractivity contribution in [3.8, 4) is 0 Å². The molecule has 0 radical (unpaired) electrons. The van der Waals surface area contributed by atoms with Crippen LogP contribution in [0.5, 0.6) is 0 Å². The minimum atomic E-state index is -3.72. The molecule has 0 aliphatic rings. The third-order valence-electron chi connectivity index (χ3n) is 2.42. The van der Waals surface area contributed by atoms with Gasteiger partial charge in [-0.25, -0.2) is 17.5 Å².